The number of carbonyl (C=O) groups is 2. The molecule has 1 aromatic carbocycles. The van der Waals surface area contributed by atoms with Crippen LogP contribution < -0.4 is 5.48 Å². The van der Waals surface area contributed by atoms with Gasteiger partial charge < -0.3 is 10.0 Å². The zero-order valence-electron chi connectivity index (χ0n) is 14.0. The van der Waals surface area contributed by atoms with Crippen molar-refractivity contribution in [2.75, 3.05) is 6.54 Å². The molecule has 2 N–H and O–H groups in total. The fourth-order valence-corrected chi connectivity index (χ4v) is 2.70. The van der Waals surface area contributed by atoms with Gasteiger partial charge in [0.15, 0.2) is 0 Å². The van der Waals surface area contributed by atoms with Crippen molar-refractivity contribution in [3.05, 3.63) is 35.9 Å². The molecule has 6 nitrogen and oxygen atoms in total. The molecule has 1 aliphatic heterocycles. The van der Waals surface area contributed by atoms with Crippen LogP contribution in [0.5, 0.6) is 0 Å². The number of hydroxylamine groups is 1. The monoisotopic (exact) mass is 396 g/mol. The maximum absolute atomic E-state index is 12.8. The van der Waals surface area contributed by atoms with E-state index in [-0.39, 0.29) is 31.9 Å². The maximum Gasteiger partial charge on any atom is 0.471 e. The normalized spacial score (nSPS) is 23.2. The van der Waals surface area contributed by atoms with Gasteiger partial charge in [-0.2, -0.15) is 18.7 Å². The summed E-state index contributed by atoms with van der Waals surface area (Å²) in [4.78, 5) is 28.7. The molecule has 1 aromatic rings. The molecule has 0 aliphatic carbocycles. The van der Waals surface area contributed by atoms with Crippen LogP contribution in [-0.2, 0) is 21.0 Å². The molecule has 2 atom stereocenters. The van der Waals surface area contributed by atoms with Crippen molar-refractivity contribution in [1.82, 2.24) is 10.4 Å². The fraction of sp³-hybridized carbons (Fsp3) is 0.500. The second-order valence-corrected chi connectivity index (χ2v) is 6.12. The standard InChI is InChI=1S/C16H19F3N2O4.ClH/c1-15(14(23)24)8-7-12(9-21(15)13(22)16(17,18)19)20-25-10-11-5-3-2-4-6-11;/h2-6,12,20H,7-10H2,1H3,(H,23,24);1H/t12-,15+;/m1./s1. The number of nitrogens with one attached hydrogen (secondary N) is 1. The summed E-state index contributed by atoms with van der Waals surface area (Å²) in [6.07, 6.45) is -4.99. The summed E-state index contributed by atoms with van der Waals surface area (Å²) in [6.45, 7) is 0.913. The number of benzene rings is 1. The van der Waals surface area contributed by atoms with Crippen LogP contribution in [0.1, 0.15) is 25.3 Å². The Balaban J connectivity index is 0.00000338. The van der Waals surface area contributed by atoms with Crippen molar-refractivity contribution in [3.8, 4) is 0 Å². The number of hydrogen-bond donors (Lipinski definition) is 2. The summed E-state index contributed by atoms with van der Waals surface area (Å²) in [5.41, 5.74) is 1.60. The number of carboxylic acids is 1. The van der Waals surface area contributed by atoms with Crippen molar-refractivity contribution in [2.45, 2.75) is 44.1 Å². The zero-order chi connectivity index (χ0) is 18.7. The highest BCUT2D eigenvalue weighted by Crippen LogP contribution is 2.32. The first-order chi connectivity index (χ1) is 11.6. The van der Waals surface area contributed by atoms with E-state index in [4.69, 9.17) is 4.84 Å². The lowest BCUT2D eigenvalue weighted by Gasteiger charge is -2.44. The van der Waals surface area contributed by atoms with Crippen molar-refractivity contribution < 1.29 is 32.7 Å². The van der Waals surface area contributed by atoms with Gasteiger partial charge >= 0.3 is 18.1 Å². The molecule has 0 bridgehead atoms. The van der Waals surface area contributed by atoms with Gasteiger partial charge in [0.2, 0.25) is 0 Å². The Morgan fingerprint density at radius 2 is 1.96 bits per heavy atom. The quantitative estimate of drug-likeness (QED) is 0.748. The molecule has 10 heteroatoms. The average molecular weight is 397 g/mol. The van der Waals surface area contributed by atoms with E-state index >= 15 is 0 Å². The third-order valence-corrected chi connectivity index (χ3v) is 4.26. The molecule has 0 spiro atoms. The van der Waals surface area contributed by atoms with Crippen molar-refractivity contribution in [1.29, 1.82) is 0 Å². The summed E-state index contributed by atoms with van der Waals surface area (Å²) in [5.74, 6) is -3.62. The van der Waals surface area contributed by atoms with E-state index in [1.165, 1.54) is 0 Å². The Bertz CT molecular complexity index is 630. The third-order valence-electron chi connectivity index (χ3n) is 4.26. The smallest absolute Gasteiger partial charge is 0.471 e. The minimum atomic E-state index is -5.14. The van der Waals surface area contributed by atoms with Crippen molar-refractivity contribution in [3.63, 3.8) is 0 Å². The lowest BCUT2D eigenvalue weighted by Crippen LogP contribution is -2.64. The maximum atomic E-state index is 12.8. The van der Waals surface area contributed by atoms with Crippen LogP contribution in [-0.4, -0.2) is 46.2 Å². The molecule has 1 heterocycles. The van der Waals surface area contributed by atoms with Gasteiger partial charge in [0.25, 0.3) is 0 Å². The largest absolute Gasteiger partial charge is 0.480 e. The van der Waals surface area contributed by atoms with E-state index in [1.807, 2.05) is 30.3 Å². The molecular formula is C16H20ClF3N2O4. The minimum absolute atomic E-state index is 0. The van der Waals surface area contributed by atoms with Gasteiger partial charge in [-0.3, -0.25) is 9.63 Å². The average Bonchev–Trinajstić information content (AvgIpc) is 2.55. The Labute approximate surface area is 154 Å². The number of carbonyl (C=O) groups excluding carboxylic acids is 1. The second kappa shape index (κ2) is 8.70. The Morgan fingerprint density at radius 3 is 2.50 bits per heavy atom. The number of aliphatic carboxylic acids is 1. The van der Waals surface area contributed by atoms with Gasteiger partial charge in [0, 0.05) is 12.6 Å². The molecule has 0 unspecified atom stereocenters. The first-order valence-electron chi connectivity index (χ1n) is 7.68. The van der Waals surface area contributed by atoms with Gasteiger partial charge in [0.1, 0.15) is 5.54 Å². The van der Waals surface area contributed by atoms with Crippen LogP contribution in [0.25, 0.3) is 0 Å². The van der Waals surface area contributed by atoms with Crippen LogP contribution in [0, 0.1) is 0 Å². The SMILES string of the molecule is C[C@@]1(C(=O)O)CC[C@@H](NOCc2ccccc2)CN1C(=O)C(F)(F)F.Cl. The molecule has 146 valence electrons. The van der Waals surface area contributed by atoms with Crippen LogP contribution >= 0.6 is 12.4 Å². The second-order valence-electron chi connectivity index (χ2n) is 6.12. The molecule has 0 saturated carbocycles. The van der Waals surface area contributed by atoms with E-state index in [2.05, 4.69) is 5.48 Å². The number of amides is 1. The Hall–Kier alpha value is -1.84. The van der Waals surface area contributed by atoms with Gasteiger partial charge in [-0.1, -0.05) is 30.3 Å². The van der Waals surface area contributed by atoms with Gasteiger partial charge in [0.05, 0.1) is 6.61 Å². The molecule has 0 radical (unpaired) electrons. The number of rotatable bonds is 5. The van der Waals surface area contributed by atoms with E-state index < -0.39 is 36.2 Å². The summed E-state index contributed by atoms with van der Waals surface area (Å²) < 4.78 is 38.4. The number of halogens is 4. The predicted molar refractivity (Wildman–Crippen MR) is 88.4 cm³/mol. The van der Waals surface area contributed by atoms with Crippen LogP contribution in [0.4, 0.5) is 13.2 Å². The minimum Gasteiger partial charge on any atom is -0.480 e. The topological polar surface area (TPSA) is 78.9 Å². The number of carboxylic acid groups (broad SMARTS) is 1. The number of piperidine rings is 1. The summed E-state index contributed by atoms with van der Waals surface area (Å²) in [5, 5.41) is 9.28. The summed E-state index contributed by atoms with van der Waals surface area (Å²) in [6, 6.07) is 8.53. The van der Waals surface area contributed by atoms with E-state index in [0.717, 1.165) is 12.5 Å². The molecule has 1 aliphatic rings. The fourth-order valence-electron chi connectivity index (χ4n) is 2.70. The molecule has 0 aromatic heterocycles. The molecule has 1 saturated heterocycles. The van der Waals surface area contributed by atoms with E-state index in [9.17, 15) is 27.9 Å². The predicted octanol–water partition coefficient (Wildman–Crippen LogP) is 2.53. The van der Waals surface area contributed by atoms with Crippen molar-refractivity contribution >= 4 is 24.3 Å². The summed E-state index contributed by atoms with van der Waals surface area (Å²) in [7, 11) is 0. The molecular weight excluding hydrogens is 377 g/mol. The highest BCUT2D eigenvalue weighted by Gasteiger charge is 2.53. The van der Waals surface area contributed by atoms with Crippen LogP contribution in [0.2, 0.25) is 0 Å². The first kappa shape index (κ1) is 22.2. The third kappa shape index (κ3) is 5.09. The molecule has 26 heavy (non-hydrogen) atoms. The number of likely N-dealkylation sites (tertiary alicyclic amines) is 1. The Morgan fingerprint density at radius 1 is 1.35 bits per heavy atom. The zero-order valence-corrected chi connectivity index (χ0v) is 14.8. The summed E-state index contributed by atoms with van der Waals surface area (Å²) >= 11 is 0. The molecule has 2 rings (SSSR count). The van der Waals surface area contributed by atoms with Crippen LogP contribution in [0.15, 0.2) is 30.3 Å². The van der Waals surface area contributed by atoms with Crippen LogP contribution in [0.3, 0.4) is 0 Å². The highest BCUT2D eigenvalue weighted by molar-refractivity contribution is 5.89. The van der Waals surface area contributed by atoms with E-state index in [0.29, 0.717) is 4.90 Å². The van der Waals surface area contributed by atoms with Crippen molar-refractivity contribution in [2.24, 2.45) is 0 Å². The number of hydrogen-bond acceptors (Lipinski definition) is 4. The van der Waals surface area contributed by atoms with Gasteiger partial charge in [-0.05, 0) is 25.3 Å². The van der Waals surface area contributed by atoms with E-state index in [1.54, 1.807) is 0 Å². The molecule has 1 amide bonds. The van der Waals surface area contributed by atoms with Gasteiger partial charge in [-0.15, -0.1) is 12.4 Å². The van der Waals surface area contributed by atoms with Gasteiger partial charge in [-0.25, -0.2) is 4.79 Å². The number of nitrogens with zero attached hydrogens (tertiary/aromatic N) is 1. The number of alkyl halides is 3. The Kier molecular flexibility index (Phi) is 7.43. The highest BCUT2D eigenvalue weighted by atomic mass is 35.5. The lowest BCUT2D eigenvalue weighted by atomic mass is 9.86. The molecule has 1 fully saturated rings. The lowest BCUT2D eigenvalue weighted by molar-refractivity contribution is -0.198. The first-order valence-corrected chi connectivity index (χ1v) is 7.68.